The molecular formula is C48H35N3. The second-order valence-electron chi connectivity index (χ2n) is 13.7. The summed E-state index contributed by atoms with van der Waals surface area (Å²) in [6.45, 7) is 4.71. The highest BCUT2D eigenvalue weighted by Gasteiger charge is 2.36. The van der Waals surface area contributed by atoms with Gasteiger partial charge in [-0.15, -0.1) is 0 Å². The van der Waals surface area contributed by atoms with Gasteiger partial charge in [0.2, 0.25) is 0 Å². The maximum atomic E-state index is 4.99. The fourth-order valence-electron chi connectivity index (χ4n) is 7.47. The lowest BCUT2D eigenvalue weighted by Gasteiger charge is -2.23. The van der Waals surface area contributed by atoms with E-state index in [4.69, 9.17) is 15.0 Å². The third kappa shape index (κ3) is 5.53. The molecule has 9 rings (SSSR count). The van der Waals surface area contributed by atoms with Crippen molar-refractivity contribution in [3.63, 3.8) is 0 Å². The fraction of sp³-hybridized carbons (Fsp3) is 0.0625. The molecule has 0 amide bonds. The van der Waals surface area contributed by atoms with Crippen LogP contribution in [0.1, 0.15) is 25.0 Å². The lowest BCUT2D eigenvalue weighted by molar-refractivity contribution is 0.661. The van der Waals surface area contributed by atoms with E-state index < -0.39 is 0 Å². The number of rotatable bonds is 6. The van der Waals surface area contributed by atoms with Crippen LogP contribution >= 0.6 is 0 Å². The average molecular weight is 654 g/mol. The Labute approximate surface area is 299 Å². The van der Waals surface area contributed by atoms with Gasteiger partial charge in [-0.3, -0.25) is 0 Å². The first-order valence-electron chi connectivity index (χ1n) is 17.4. The smallest absolute Gasteiger partial charge is 0.164 e. The van der Waals surface area contributed by atoms with Gasteiger partial charge in [-0.25, -0.2) is 15.0 Å². The molecule has 3 heteroatoms. The SMILES string of the molecule is CC1(C)c2cc(-c3ccccc3)ccc2-c2ccc(-c3ccccc3-c3cccc(-c4nc(-c5ccccc5)nc(-c5ccccc5)n4)c3)cc21. The molecule has 0 bridgehead atoms. The van der Waals surface area contributed by atoms with E-state index in [2.05, 4.69) is 129 Å². The molecule has 8 aromatic rings. The van der Waals surface area contributed by atoms with Crippen molar-refractivity contribution in [3.05, 3.63) is 187 Å². The van der Waals surface area contributed by atoms with Crippen molar-refractivity contribution >= 4 is 0 Å². The normalized spacial score (nSPS) is 12.7. The fourth-order valence-corrected chi connectivity index (χ4v) is 7.47. The molecule has 0 saturated heterocycles. The van der Waals surface area contributed by atoms with Crippen LogP contribution in [0.4, 0.5) is 0 Å². The summed E-state index contributed by atoms with van der Waals surface area (Å²) < 4.78 is 0. The molecule has 1 aliphatic carbocycles. The van der Waals surface area contributed by atoms with Crippen LogP contribution in [0.25, 0.3) is 78.7 Å². The van der Waals surface area contributed by atoms with Gasteiger partial charge in [-0.1, -0.05) is 172 Å². The van der Waals surface area contributed by atoms with Crippen LogP contribution in [-0.4, -0.2) is 15.0 Å². The Morgan fingerprint density at radius 2 is 0.686 bits per heavy atom. The van der Waals surface area contributed by atoms with E-state index in [1.165, 1.54) is 50.1 Å². The highest BCUT2D eigenvalue weighted by atomic mass is 15.0. The topological polar surface area (TPSA) is 38.7 Å². The van der Waals surface area contributed by atoms with Crippen molar-refractivity contribution < 1.29 is 0 Å². The molecule has 242 valence electrons. The van der Waals surface area contributed by atoms with Gasteiger partial charge in [0, 0.05) is 22.1 Å². The summed E-state index contributed by atoms with van der Waals surface area (Å²) >= 11 is 0. The molecule has 0 aliphatic heterocycles. The molecule has 0 fully saturated rings. The predicted molar refractivity (Wildman–Crippen MR) is 210 cm³/mol. The first-order valence-corrected chi connectivity index (χ1v) is 17.4. The molecule has 0 spiro atoms. The quantitative estimate of drug-likeness (QED) is 0.179. The molecule has 1 aliphatic rings. The monoisotopic (exact) mass is 653 g/mol. The highest BCUT2D eigenvalue weighted by Crippen LogP contribution is 2.51. The van der Waals surface area contributed by atoms with Crippen LogP contribution in [-0.2, 0) is 5.41 Å². The molecule has 1 heterocycles. The second kappa shape index (κ2) is 12.5. The van der Waals surface area contributed by atoms with E-state index in [0.29, 0.717) is 17.5 Å². The summed E-state index contributed by atoms with van der Waals surface area (Å²) in [5.74, 6) is 1.96. The van der Waals surface area contributed by atoms with E-state index >= 15 is 0 Å². The Balaban J connectivity index is 1.11. The van der Waals surface area contributed by atoms with Crippen LogP contribution < -0.4 is 0 Å². The largest absolute Gasteiger partial charge is 0.208 e. The molecule has 0 saturated carbocycles. The van der Waals surface area contributed by atoms with Gasteiger partial charge in [-0.05, 0) is 73.8 Å². The van der Waals surface area contributed by atoms with Crippen molar-refractivity contribution in [2.24, 2.45) is 0 Å². The van der Waals surface area contributed by atoms with Crippen LogP contribution in [0.5, 0.6) is 0 Å². The Morgan fingerprint density at radius 3 is 1.24 bits per heavy atom. The second-order valence-corrected chi connectivity index (χ2v) is 13.7. The van der Waals surface area contributed by atoms with Gasteiger partial charge in [0.1, 0.15) is 0 Å². The number of nitrogens with zero attached hydrogens (tertiary/aromatic N) is 3. The van der Waals surface area contributed by atoms with Gasteiger partial charge in [-0.2, -0.15) is 0 Å². The molecule has 3 nitrogen and oxygen atoms in total. The third-order valence-electron chi connectivity index (χ3n) is 10.2. The zero-order valence-corrected chi connectivity index (χ0v) is 28.6. The van der Waals surface area contributed by atoms with Crippen molar-refractivity contribution in [1.82, 2.24) is 15.0 Å². The molecule has 0 N–H and O–H groups in total. The minimum absolute atomic E-state index is 0.133. The van der Waals surface area contributed by atoms with E-state index in [1.54, 1.807) is 0 Å². The van der Waals surface area contributed by atoms with Crippen molar-refractivity contribution in [2.75, 3.05) is 0 Å². The molecule has 7 aromatic carbocycles. The Morgan fingerprint density at radius 1 is 0.294 bits per heavy atom. The lowest BCUT2D eigenvalue weighted by atomic mass is 9.80. The van der Waals surface area contributed by atoms with Gasteiger partial charge in [0.05, 0.1) is 0 Å². The number of fused-ring (bicyclic) bond motifs is 3. The molecular weight excluding hydrogens is 619 g/mol. The average Bonchev–Trinajstić information content (AvgIpc) is 3.43. The third-order valence-corrected chi connectivity index (χ3v) is 10.2. The maximum absolute atomic E-state index is 4.99. The molecule has 0 radical (unpaired) electrons. The minimum Gasteiger partial charge on any atom is -0.208 e. The Bertz CT molecular complexity index is 2480. The van der Waals surface area contributed by atoms with Gasteiger partial charge in [0.15, 0.2) is 17.5 Å². The van der Waals surface area contributed by atoms with Crippen molar-refractivity contribution in [3.8, 4) is 78.7 Å². The highest BCUT2D eigenvalue weighted by molar-refractivity contribution is 5.89. The van der Waals surface area contributed by atoms with Crippen LogP contribution in [0.15, 0.2) is 176 Å². The van der Waals surface area contributed by atoms with Gasteiger partial charge >= 0.3 is 0 Å². The number of benzene rings is 7. The van der Waals surface area contributed by atoms with Crippen LogP contribution in [0.2, 0.25) is 0 Å². The number of hydrogen-bond acceptors (Lipinski definition) is 3. The Hall–Kier alpha value is -6.45. The summed E-state index contributed by atoms with van der Waals surface area (Å²) in [5.41, 5.74) is 15.3. The molecule has 0 atom stereocenters. The summed E-state index contributed by atoms with van der Waals surface area (Å²) in [4.78, 5) is 14.9. The molecule has 1 aromatic heterocycles. The first-order chi connectivity index (χ1) is 25.0. The van der Waals surface area contributed by atoms with Crippen LogP contribution in [0, 0.1) is 0 Å². The van der Waals surface area contributed by atoms with E-state index in [1.807, 2.05) is 60.7 Å². The standard InChI is InChI=1S/C48H35N3/c1-48(2)43-30-35(32-15-6-3-7-16-32)25-27-41(43)42-28-26-37(31-44(42)48)40-24-13-12-23-39(40)36-21-14-22-38(29-36)47-50-45(33-17-8-4-9-18-33)49-46(51-47)34-19-10-5-11-20-34/h3-31H,1-2H3. The summed E-state index contributed by atoms with van der Waals surface area (Å²) in [7, 11) is 0. The lowest BCUT2D eigenvalue weighted by Crippen LogP contribution is -2.15. The number of hydrogen-bond donors (Lipinski definition) is 0. The number of aromatic nitrogens is 3. The van der Waals surface area contributed by atoms with Crippen molar-refractivity contribution in [1.29, 1.82) is 0 Å². The summed E-state index contributed by atoms with van der Waals surface area (Å²) in [5, 5.41) is 0. The van der Waals surface area contributed by atoms with Gasteiger partial charge in [0.25, 0.3) is 0 Å². The Kier molecular flexibility index (Phi) is 7.48. The zero-order valence-electron chi connectivity index (χ0n) is 28.6. The molecule has 51 heavy (non-hydrogen) atoms. The molecule has 0 unspecified atom stereocenters. The van der Waals surface area contributed by atoms with Crippen LogP contribution in [0.3, 0.4) is 0 Å². The maximum Gasteiger partial charge on any atom is 0.164 e. The van der Waals surface area contributed by atoms with E-state index in [-0.39, 0.29) is 5.41 Å². The van der Waals surface area contributed by atoms with E-state index in [9.17, 15) is 0 Å². The summed E-state index contributed by atoms with van der Waals surface area (Å²) in [6, 6.07) is 62.1. The first kappa shape index (κ1) is 30.6. The minimum atomic E-state index is -0.133. The van der Waals surface area contributed by atoms with E-state index in [0.717, 1.165) is 22.3 Å². The zero-order chi connectivity index (χ0) is 34.4. The van der Waals surface area contributed by atoms with Crippen molar-refractivity contribution in [2.45, 2.75) is 19.3 Å². The predicted octanol–water partition coefficient (Wildman–Crippen LogP) is 12.2. The summed E-state index contributed by atoms with van der Waals surface area (Å²) in [6.07, 6.45) is 0. The van der Waals surface area contributed by atoms with Gasteiger partial charge < -0.3 is 0 Å².